The van der Waals surface area contributed by atoms with Crippen LogP contribution in [0.15, 0.2) is 140 Å². The Balaban J connectivity index is 0.00000410. The molecule has 0 spiro atoms. The fourth-order valence-corrected chi connectivity index (χ4v) is 8.50. The molecule has 0 unspecified atom stereocenters. The summed E-state index contributed by atoms with van der Waals surface area (Å²) in [4.78, 5) is 8.92. The van der Waals surface area contributed by atoms with Crippen molar-refractivity contribution in [2.45, 2.75) is 33.1 Å². The summed E-state index contributed by atoms with van der Waals surface area (Å²) in [5.41, 5.74) is 17.5. The molecule has 0 atom stereocenters. The van der Waals surface area contributed by atoms with E-state index in [2.05, 4.69) is 195 Å². The quantitative estimate of drug-likeness (QED) is 0.155. The molecular weight excluding hydrogens is 868 g/mol. The number of aryl methyl sites for hydroxylation is 2. The zero-order valence-corrected chi connectivity index (χ0v) is 34.2. The molecule has 0 radical (unpaired) electrons. The summed E-state index contributed by atoms with van der Waals surface area (Å²) in [5, 5.41) is 0. The van der Waals surface area contributed by atoms with E-state index in [1.807, 2.05) is 24.3 Å². The van der Waals surface area contributed by atoms with Crippen molar-refractivity contribution in [3.63, 3.8) is 0 Å². The minimum Gasteiger partial charge on any atom is -0.509 e. The maximum atomic E-state index is 6.52. The molecule has 7 aromatic carbocycles. The van der Waals surface area contributed by atoms with Crippen molar-refractivity contribution in [3.8, 4) is 33.8 Å². The van der Waals surface area contributed by atoms with Crippen molar-refractivity contribution >= 4 is 39.8 Å². The first-order chi connectivity index (χ1) is 26.8. The van der Waals surface area contributed by atoms with Gasteiger partial charge in [-0.3, -0.25) is 0 Å². The number of benzene rings is 7. The second-order valence-corrected chi connectivity index (χ2v) is 15.2. The van der Waals surface area contributed by atoms with E-state index >= 15 is 0 Å². The van der Waals surface area contributed by atoms with Crippen molar-refractivity contribution in [1.82, 2.24) is 0 Å². The molecule has 0 N–H and O–H groups in total. The maximum Gasteiger partial charge on any atom is 4.00 e. The van der Waals surface area contributed by atoms with Crippen LogP contribution in [-0.2, 0) is 26.5 Å². The van der Waals surface area contributed by atoms with Gasteiger partial charge in [0.2, 0.25) is 0 Å². The minimum absolute atomic E-state index is 0. The van der Waals surface area contributed by atoms with Crippen LogP contribution in [0.1, 0.15) is 36.1 Å². The Kier molecular flexibility index (Phi) is 8.82. The summed E-state index contributed by atoms with van der Waals surface area (Å²) in [7, 11) is 2.08. The molecule has 2 aliphatic heterocycles. The average Bonchev–Trinajstić information content (AvgIpc) is 3.82. The standard InChI is InChI=1S/C50H40N4O.Pt/c1-33-27-46-47(28-34(33)2)52(31-51(46)5)36-17-13-19-38(29-36)55-39-20-14-18-37(30-39)53-32-54(45-24-12-11-23-44(45)53)49-40(35-15-7-6-8-16-35)25-26-43-48(49)41-21-9-10-22-42(41)50(43,3)4;/h6-28,31-32H,1-5H3;/q-4;+4. The van der Waals surface area contributed by atoms with E-state index in [4.69, 9.17) is 4.74 Å². The van der Waals surface area contributed by atoms with Crippen molar-refractivity contribution in [1.29, 1.82) is 0 Å². The van der Waals surface area contributed by atoms with Gasteiger partial charge in [-0.25, -0.2) is 0 Å². The summed E-state index contributed by atoms with van der Waals surface area (Å²) >= 11 is 0. The first-order valence-electron chi connectivity index (χ1n) is 18.8. The molecule has 276 valence electrons. The normalized spacial score (nSPS) is 14.6. The molecule has 5 nitrogen and oxygen atoms in total. The Morgan fingerprint density at radius 2 is 1.12 bits per heavy atom. The molecule has 1 aliphatic carbocycles. The molecule has 0 saturated carbocycles. The third-order valence-corrected chi connectivity index (χ3v) is 11.4. The third kappa shape index (κ3) is 5.71. The number of anilines is 7. The predicted molar refractivity (Wildman–Crippen MR) is 226 cm³/mol. The van der Waals surface area contributed by atoms with Gasteiger partial charge in [0.1, 0.15) is 0 Å². The average molecular weight is 908 g/mol. The van der Waals surface area contributed by atoms with Gasteiger partial charge in [0.05, 0.1) is 0 Å². The summed E-state index contributed by atoms with van der Waals surface area (Å²) in [6, 6.07) is 56.6. The second-order valence-electron chi connectivity index (χ2n) is 15.2. The molecule has 0 aromatic heterocycles. The number of nitrogens with zero attached hydrogens (tertiary/aromatic N) is 4. The topological polar surface area (TPSA) is 22.2 Å². The van der Waals surface area contributed by atoms with Gasteiger partial charge >= 0.3 is 21.1 Å². The van der Waals surface area contributed by atoms with Gasteiger partial charge in [-0.05, 0) is 78.5 Å². The number of hydrogen-bond donors (Lipinski definition) is 0. The summed E-state index contributed by atoms with van der Waals surface area (Å²) in [6.07, 6.45) is 0. The number of fused-ring (bicyclic) bond motifs is 5. The predicted octanol–water partition coefficient (Wildman–Crippen LogP) is 12.8. The molecule has 2 heterocycles. The van der Waals surface area contributed by atoms with Crippen LogP contribution >= 0.6 is 0 Å². The largest absolute Gasteiger partial charge is 4.00 e. The minimum atomic E-state index is -0.132. The van der Waals surface area contributed by atoms with Crippen molar-refractivity contribution in [2.24, 2.45) is 0 Å². The molecule has 56 heavy (non-hydrogen) atoms. The van der Waals surface area contributed by atoms with Crippen LogP contribution in [0.5, 0.6) is 11.5 Å². The van der Waals surface area contributed by atoms with E-state index in [0.717, 1.165) is 28.4 Å². The van der Waals surface area contributed by atoms with E-state index in [0.29, 0.717) is 11.5 Å². The smallest absolute Gasteiger partial charge is 0.509 e. The van der Waals surface area contributed by atoms with Gasteiger partial charge in [0.25, 0.3) is 0 Å². The zero-order valence-electron chi connectivity index (χ0n) is 31.9. The Bertz CT molecular complexity index is 2640. The summed E-state index contributed by atoms with van der Waals surface area (Å²) in [6.45, 7) is 13.3. The van der Waals surface area contributed by atoms with Crippen LogP contribution < -0.4 is 24.3 Å². The van der Waals surface area contributed by atoms with Gasteiger partial charge in [0, 0.05) is 56.5 Å². The Morgan fingerprint density at radius 3 is 1.82 bits per heavy atom. The number of para-hydroxylation sites is 2. The van der Waals surface area contributed by atoms with Crippen molar-refractivity contribution in [2.75, 3.05) is 26.6 Å². The SMILES string of the molecule is Cc1cc2c(cc1C)N(c1[c-]c(Oc3[c-]c(N4[CH-]N(c5c(-c6ccccc6)ccc6c5-c5ccccc5C6(C)C)c5ccccc54)ccc3)ccc1)[CH-]N2C.[Pt+4]. The van der Waals surface area contributed by atoms with Crippen molar-refractivity contribution in [3.05, 3.63) is 187 Å². The number of hydrogen-bond acceptors (Lipinski definition) is 5. The first kappa shape index (κ1) is 35.9. The Labute approximate surface area is 344 Å². The van der Waals surface area contributed by atoms with E-state index in [9.17, 15) is 0 Å². The fourth-order valence-electron chi connectivity index (χ4n) is 8.50. The van der Waals surface area contributed by atoms with Gasteiger partial charge in [0.15, 0.2) is 0 Å². The second kappa shape index (κ2) is 13.8. The monoisotopic (exact) mass is 907 g/mol. The van der Waals surface area contributed by atoms with Crippen LogP contribution in [-0.4, -0.2) is 7.05 Å². The van der Waals surface area contributed by atoms with Crippen LogP contribution in [0.3, 0.4) is 0 Å². The van der Waals surface area contributed by atoms with Gasteiger partial charge in [-0.1, -0.05) is 92.7 Å². The molecule has 7 aromatic rings. The summed E-state index contributed by atoms with van der Waals surface area (Å²) in [5.74, 6) is 1.24. The fraction of sp³-hybridized carbons (Fsp3) is 0.120. The van der Waals surface area contributed by atoms with Gasteiger partial charge < -0.3 is 24.3 Å². The van der Waals surface area contributed by atoms with E-state index in [-0.39, 0.29) is 26.5 Å². The van der Waals surface area contributed by atoms with E-state index in [1.54, 1.807) is 0 Å². The molecule has 0 saturated heterocycles. The molecule has 6 heteroatoms. The molecule has 3 aliphatic rings. The molecule has 0 bridgehead atoms. The van der Waals surface area contributed by atoms with E-state index in [1.165, 1.54) is 55.9 Å². The Morgan fingerprint density at radius 1 is 0.536 bits per heavy atom. The molecule has 0 amide bonds. The zero-order chi connectivity index (χ0) is 37.4. The molecule has 10 rings (SSSR count). The van der Waals surface area contributed by atoms with Crippen LogP contribution in [0.25, 0.3) is 22.3 Å². The maximum absolute atomic E-state index is 6.52. The van der Waals surface area contributed by atoms with Crippen LogP contribution in [0.2, 0.25) is 0 Å². The van der Waals surface area contributed by atoms with Gasteiger partial charge in [-0.15, -0.1) is 54.4 Å². The number of rotatable bonds is 6. The first-order valence-corrected chi connectivity index (χ1v) is 18.8. The van der Waals surface area contributed by atoms with Crippen molar-refractivity contribution < 1.29 is 25.8 Å². The van der Waals surface area contributed by atoms with Crippen LogP contribution in [0.4, 0.5) is 39.8 Å². The molecule has 0 fully saturated rings. The Hall–Kier alpha value is -5.77. The van der Waals surface area contributed by atoms with Gasteiger partial charge in [-0.2, -0.15) is 18.8 Å². The van der Waals surface area contributed by atoms with Crippen LogP contribution in [0, 0.1) is 39.3 Å². The number of ether oxygens (including phenoxy) is 1. The van der Waals surface area contributed by atoms with E-state index < -0.39 is 0 Å². The third-order valence-electron chi connectivity index (χ3n) is 11.4. The molecular formula is C50H40N4OPt. The summed E-state index contributed by atoms with van der Waals surface area (Å²) < 4.78 is 6.52.